The molecule has 0 heterocycles. The van der Waals surface area contributed by atoms with Crippen LogP contribution in [-0.2, 0) is 9.59 Å². The number of carboxylic acid groups (broad SMARTS) is 1. The highest BCUT2D eigenvalue weighted by Gasteiger charge is 2.20. The van der Waals surface area contributed by atoms with Crippen LogP contribution in [0.3, 0.4) is 0 Å². The number of nitrogens with one attached hydrogen (secondary N) is 1. The van der Waals surface area contributed by atoms with E-state index in [1.807, 2.05) is 13.8 Å². The van der Waals surface area contributed by atoms with Crippen molar-refractivity contribution in [1.29, 1.82) is 0 Å². The number of hydrogen-bond acceptors (Lipinski definition) is 2. The van der Waals surface area contributed by atoms with Crippen LogP contribution in [0.1, 0.15) is 91.4 Å². The molecule has 0 aromatic rings. The van der Waals surface area contributed by atoms with Crippen molar-refractivity contribution in [3.63, 3.8) is 0 Å². The Labute approximate surface area is 184 Å². The number of aliphatic carboxylic acids is 1. The molecule has 0 aromatic heterocycles. The highest BCUT2D eigenvalue weighted by Crippen LogP contribution is 2.06. The van der Waals surface area contributed by atoms with Crippen LogP contribution < -0.4 is 5.32 Å². The summed E-state index contributed by atoms with van der Waals surface area (Å²) in [6, 6.07) is -0.783. The van der Waals surface area contributed by atoms with Gasteiger partial charge in [0.1, 0.15) is 6.04 Å². The summed E-state index contributed by atoms with van der Waals surface area (Å²) in [5.41, 5.74) is 0. The van der Waals surface area contributed by atoms with E-state index in [0.29, 0.717) is 12.8 Å². The Morgan fingerprint density at radius 1 is 0.800 bits per heavy atom. The van der Waals surface area contributed by atoms with Crippen molar-refractivity contribution >= 4 is 11.9 Å². The van der Waals surface area contributed by atoms with Crippen LogP contribution in [0.2, 0.25) is 0 Å². The second kappa shape index (κ2) is 20.2. The molecule has 1 amide bonds. The number of carbonyl (C=O) groups is 2. The monoisotopic (exact) mass is 417 g/mol. The fourth-order valence-corrected chi connectivity index (χ4v) is 2.90. The largest absolute Gasteiger partial charge is 0.480 e. The highest BCUT2D eigenvalue weighted by atomic mass is 16.4. The zero-order chi connectivity index (χ0) is 22.5. The lowest BCUT2D eigenvalue weighted by Gasteiger charge is -2.16. The fraction of sp³-hybridized carbons (Fsp3) is 0.615. The molecule has 4 heteroatoms. The number of carbonyl (C=O) groups excluding carboxylic acids is 1. The van der Waals surface area contributed by atoms with Crippen LogP contribution in [0.4, 0.5) is 0 Å². The van der Waals surface area contributed by atoms with E-state index in [4.69, 9.17) is 5.11 Å². The van der Waals surface area contributed by atoms with Gasteiger partial charge in [-0.15, -0.1) is 0 Å². The third kappa shape index (κ3) is 19.2. The zero-order valence-electron chi connectivity index (χ0n) is 19.3. The summed E-state index contributed by atoms with van der Waals surface area (Å²) in [6.45, 7) is 6.13. The molecule has 0 aromatic carbocycles. The van der Waals surface area contributed by atoms with Crippen molar-refractivity contribution in [3.8, 4) is 0 Å². The molecular weight excluding hydrogens is 374 g/mol. The van der Waals surface area contributed by atoms with Crippen LogP contribution in [-0.4, -0.2) is 23.0 Å². The molecule has 0 aliphatic heterocycles. The first-order valence-electron chi connectivity index (χ1n) is 11.6. The first-order valence-corrected chi connectivity index (χ1v) is 11.6. The van der Waals surface area contributed by atoms with Crippen molar-refractivity contribution < 1.29 is 14.7 Å². The smallest absolute Gasteiger partial charge is 0.326 e. The Bertz CT molecular complexity index is 559. The standard InChI is InChI=1S/C26H43NO3/c1-4-5-6-7-8-9-10-11-12-13-14-15-16-17-18-19-20-21-25(28)27-24(26(29)30)22-23(2)3/h8-9,11-12,14-15,17-18,23-24H,4-7,10,13,16,19-22H2,1-3H3,(H,27,28)(H,29,30)/b9-8+,12-11+,15-14+,18-17+/t24-/m1/s1. The summed E-state index contributed by atoms with van der Waals surface area (Å²) in [5, 5.41) is 11.8. The lowest BCUT2D eigenvalue weighted by atomic mass is 10.0. The number of rotatable bonds is 18. The van der Waals surface area contributed by atoms with E-state index in [9.17, 15) is 9.59 Å². The highest BCUT2D eigenvalue weighted by molar-refractivity contribution is 5.83. The van der Waals surface area contributed by atoms with Crippen molar-refractivity contribution in [2.45, 2.75) is 97.4 Å². The van der Waals surface area contributed by atoms with E-state index in [1.165, 1.54) is 25.7 Å². The SMILES string of the molecule is CCCCC/C=C/C/C=C/C/C=C/C/C=C/CCCC(=O)N[C@H](CC(C)C)C(=O)O. The Morgan fingerprint density at radius 3 is 1.77 bits per heavy atom. The van der Waals surface area contributed by atoms with Gasteiger partial charge in [0.15, 0.2) is 0 Å². The fourth-order valence-electron chi connectivity index (χ4n) is 2.90. The first kappa shape index (κ1) is 27.9. The topological polar surface area (TPSA) is 66.4 Å². The average Bonchev–Trinajstić information content (AvgIpc) is 2.69. The van der Waals surface area contributed by atoms with E-state index in [-0.39, 0.29) is 11.8 Å². The van der Waals surface area contributed by atoms with Gasteiger partial charge < -0.3 is 10.4 Å². The van der Waals surface area contributed by atoms with Crippen molar-refractivity contribution in [2.24, 2.45) is 5.92 Å². The molecule has 30 heavy (non-hydrogen) atoms. The maximum atomic E-state index is 11.9. The quantitative estimate of drug-likeness (QED) is 0.191. The van der Waals surface area contributed by atoms with E-state index < -0.39 is 12.0 Å². The molecule has 1 atom stereocenters. The van der Waals surface area contributed by atoms with Gasteiger partial charge in [-0.3, -0.25) is 4.79 Å². The Hall–Kier alpha value is -2.10. The molecule has 0 rings (SSSR count). The summed E-state index contributed by atoms with van der Waals surface area (Å²) >= 11 is 0. The number of allylic oxidation sites excluding steroid dienone is 8. The van der Waals surface area contributed by atoms with Crippen LogP contribution in [0, 0.1) is 5.92 Å². The third-order valence-corrected chi connectivity index (χ3v) is 4.57. The molecule has 0 saturated carbocycles. The van der Waals surface area contributed by atoms with Gasteiger partial charge >= 0.3 is 5.97 Å². The normalized spacial score (nSPS) is 13.3. The molecule has 4 nitrogen and oxygen atoms in total. The van der Waals surface area contributed by atoms with Crippen molar-refractivity contribution in [1.82, 2.24) is 5.32 Å². The van der Waals surface area contributed by atoms with Crippen molar-refractivity contribution in [3.05, 3.63) is 48.6 Å². The molecule has 170 valence electrons. The predicted molar refractivity (Wildman–Crippen MR) is 127 cm³/mol. The number of amides is 1. The maximum Gasteiger partial charge on any atom is 0.326 e. The van der Waals surface area contributed by atoms with Crippen molar-refractivity contribution in [2.75, 3.05) is 0 Å². The number of unbranched alkanes of at least 4 members (excludes halogenated alkanes) is 4. The first-order chi connectivity index (χ1) is 14.5. The molecule has 2 N–H and O–H groups in total. The number of hydrogen-bond donors (Lipinski definition) is 2. The second-order valence-electron chi connectivity index (χ2n) is 8.07. The summed E-state index contributed by atoms with van der Waals surface area (Å²) < 4.78 is 0. The second-order valence-corrected chi connectivity index (χ2v) is 8.07. The molecule has 0 aliphatic rings. The molecular formula is C26H43NO3. The Balaban J connectivity index is 3.73. The molecule has 0 fully saturated rings. The lowest BCUT2D eigenvalue weighted by molar-refractivity contribution is -0.142. The average molecular weight is 418 g/mol. The molecule has 0 unspecified atom stereocenters. The van der Waals surface area contributed by atoms with E-state index >= 15 is 0 Å². The van der Waals surface area contributed by atoms with E-state index in [1.54, 1.807) is 0 Å². The van der Waals surface area contributed by atoms with Crippen LogP contribution >= 0.6 is 0 Å². The van der Waals surface area contributed by atoms with Gasteiger partial charge in [0.25, 0.3) is 0 Å². The molecule has 0 spiro atoms. The van der Waals surface area contributed by atoms with Gasteiger partial charge in [0.2, 0.25) is 5.91 Å². The minimum absolute atomic E-state index is 0.182. The van der Waals surface area contributed by atoms with Gasteiger partial charge in [0, 0.05) is 6.42 Å². The van der Waals surface area contributed by atoms with E-state index in [2.05, 4.69) is 60.8 Å². The lowest BCUT2D eigenvalue weighted by Crippen LogP contribution is -2.41. The third-order valence-electron chi connectivity index (χ3n) is 4.57. The molecule has 0 radical (unpaired) electrons. The summed E-state index contributed by atoms with van der Waals surface area (Å²) in [5.74, 6) is -0.911. The van der Waals surface area contributed by atoms with Crippen LogP contribution in [0.5, 0.6) is 0 Å². The minimum atomic E-state index is -0.961. The van der Waals surface area contributed by atoms with E-state index in [0.717, 1.165) is 32.1 Å². The summed E-state index contributed by atoms with van der Waals surface area (Å²) in [6.07, 6.45) is 27.8. The van der Waals surface area contributed by atoms with Gasteiger partial charge in [-0.05, 0) is 57.3 Å². The van der Waals surface area contributed by atoms with Crippen LogP contribution in [0.25, 0.3) is 0 Å². The molecule has 0 aliphatic carbocycles. The Kier molecular flexibility index (Phi) is 18.8. The molecule has 0 bridgehead atoms. The maximum absolute atomic E-state index is 11.9. The Morgan fingerprint density at radius 2 is 1.30 bits per heavy atom. The zero-order valence-corrected chi connectivity index (χ0v) is 19.3. The predicted octanol–water partition coefficient (Wildman–Crippen LogP) is 6.75. The molecule has 0 saturated heterocycles. The van der Waals surface area contributed by atoms with Gasteiger partial charge in [-0.2, -0.15) is 0 Å². The van der Waals surface area contributed by atoms with Gasteiger partial charge in [-0.25, -0.2) is 4.79 Å². The van der Waals surface area contributed by atoms with Crippen LogP contribution in [0.15, 0.2) is 48.6 Å². The minimum Gasteiger partial charge on any atom is -0.480 e. The van der Waals surface area contributed by atoms with Gasteiger partial charge in [-0.1, -0.05) is 82.2 Å². The number of carboxylic acids is 1. The van der Waals surface area contributed by atoms with Gasteiger partial charge in [0.05, 0.1) is 0 Å². The summed E-state index contributed by atoms with van der Waals surface area (Å²) in [7, 11) is 0. The summed E-state index contributed by atoms with van der Waals surface area (Å²) in [4.78, 5) is 23.0.